The van der Waals surface area contributed by atoms with Crippen LogP contribution >= 0.6 is 0 Å². The number of aliphatic carboxylic acids is 1. The molecule has 0 aromatic heterocycles. The van der Waals surface area contributed by atoms with Crippen molar-refractivity contribution >= 4 is 11.7 Å². The second-order valence-electron chi connectivity index (χ2n) is 4.18. The summed E-state index contributed by atoms with van der Waals surface area (Å²) in [5.41, 5.74) is 2.19. The van der Waals surface area contributed by atoms with Crippen LogP contribution in [0.4, 0.5) is 0 Å². The summed E-state index contributed by atoms with van der Waals surface area (Å²) in [7, 11) is 0. The lowest BCUT2D eigenvalue weighted by Gasteiger charge is -2.25. The van der Waals surface area contributed by atoms with E-state index in [1.807, 2.05) is 13.8 Å². The molecule has 76 valence electrons. The van der Waals surface area contributed by atoms with E-state index in [1.165, 1.54) is 6.42 Å². The summed E-state index contributed by atoms with van der Waals surface area (Å²) in [5.74, 6) is -0.432. The monoisotopic (exact) mass is 193 g/mol. The maximum absolute atomic E-state index is 11.0. The van der Waals surface area contributed by atoms with Crippen LogP contribution in [0.25, 0.3) is 0 Å². The smallest absolute Gasteiger partial charge is 0.337 e. The molecule has 1 aliphatic heterocycles. The first-order chi connectivity index (χ1) is 6.61. The van der Waals surface area contributed by atoms with Gasteiger partial charge in [-0.2, -0.15) is 0 Å². The second kappa shape index (κ2) is 3.23. The highest BCUT2D eigenvalue weighted by atomic mass is 16.4. The van der Waals surface area contributed by atoms with Crippen LogP contribution in [-0.2, 0) is 4.79 Å². The highest BCUT2D eigenvalue weighted by Crippen LogP contribution is 2.38. The van der Waals surface area contributed by atoms with Gasteiger partial charge in [0.05, 0.1) is 11.6 Å². The fraction of sp³-hybridized carbons (Fsp3) is 0.636. The van der Waals surface area contributed by atoms with E-state index >= 15 is 0 Å². The van der Waals surface area contributed by atoms with Gasteiger partial charge in [-0.15, -0.1) is 0 Å². The summed E-state index contributed by atoms with van der Waals surface area (Å²) in [6.45, 7) is 3.76. The van der Waals surface area contributed by atoms with E-state index in [4.69, 9.17) is 5.11 Å². The fourth-order valence-corrected chi connectivity index (χ4v) is 2.71. The van der Waals surface area contributed by atoms with Crippen molar-refractivity contribution in [3.63, 3.8) is 0 Å². The molecule has 2 rings (SSSR count). The number of hydrogen-bond donors (Lipinski definition) is 1. The van der Waals surface area contributed by atoms with Gasteiger partial charge in [0.15, 0.2) is 0 Å². The molecule has 1 N–H and O–H groups in total. The Morgan fingerprint density at radius 3 is 2.79 bits per heavy atom. The predicted octanol–water partition coefficient (Wildman–Crippen LogP) is 2.03. The van der Waals surface area contributed by atoms with Crippen molar-refractivity contribution in [2.75, 3.05) is 0 Å². The van der Waals surface area contributed by atoms with Crippen molar-refractivity contribution < 1.29 is 9.90 Å². The summed E-state index contributed by atoms with van der Waals surface area (Å²) < 4.78 is 0. The van der Waals surface area contributed by atoms with Gasteiger partial charge in [-0.3, -0.25) is 4.99 Å². The molecule has 0 saturated heterocycles. The van der Waals surface area contributed by atoms with Crippen molar-refractivity contribution in [3.8, 4) is 0 Å². The van der Waals surface area contributed by atoms with E-state index < -0.39 is 5.97 Å². The highest BCUT2D eigenvalue weighted by molar-refractivity contribution is 6.19. The van der Waals surface area contributed by atoms with Gasteiger partial charge in [0.2, 0.25) is 0 Å². The average molecular weight is 193 g/mol. The van der Waals surface area contributed by atoms with E-state index in [-0.39, 0.29) is 0 Å². The van der Waals surface area contributed by atoms with Crippen molar-refractivity contribution in [2.45, 2.75) is 39.2 Å². The van der Waals surface area contributed by atoms with Crippen LogP contribution < -0.4 is 0 Å². The first kappa shape index (κ1) is 9.44. The minimum Gasteiger partial charge on any atom is -0.478 e. The van der Waals surface area contributed by atoms with Crippen molar-refractivity contribution in [3.05, 3.63) is 11.1 Å². The van der Waals surface area contributed by atoms with Gasteiger partial charge in [0.25, 0.3) is 0 Å². The van der Waals surface area contributed by atoms with Gasteiger partial charge in [-0.25, -0.2) is 4.79 Å². The van der Waals surface area contributed by atoms with Gasteiger partial charge in [0.1, 0.15) is 0 Å². The summed E-state index contributed by atoms with van der Waals surface area (Å²) in [4.78, 5) is 15.5. The number of carbonyl (C=O) groups is 1. The number of nitrogens with zero attached hydrogens (tertiary/aromatic N) is 1. The molecule has 2 aliphatic rings. The molecule has 0 aromatic rings. The zero-order valence-electron chi connectivity index (χ0n) is 8.58. The average Bonchev–Trinajstić information content (AvgIpc) is 2.50. The molecule has 1 aliphatic carbocycles. The number of rotatable bonds is 1. The molecule has 2 atom stereocenters. The van der Waals surface area contributed by atoms with E-state index in [1.54, 1.807) is 0 Å². The van der Waals surface area contributed by atoms with Crippen LogP contribution in [0.2, 0.25) is 0 Å². The van der Waals surface area contributed by atoms with E-state index in [9.17, 15) is 4.79 Å². The topological polar surface area (TPSA) is 49.7 Å². The fourth-order valence-electron chi connectivity index (χ4n) is 2.71. The van der Waals surface area contributed by atoms with Gasteiger partial charge < -0.3 is 5.11 Å². The Labute approximate surface area is 83.5 Å². The minimum absolute atomic E-state index is 0.359. The van der Waals surface area contributed by atoms with Gasteiger partial charge >= 0.3 is 5.97 Å². The summed E-state index contributed by atoms with van der Waals surface area (Å²) >= 11 is 0. The van der Waals surface area contributed by atoms with E-state index in [0.29, 0.717) is 23.2 Å². The van der Waals surface area contributed by atoms with Crippen LogP contribution in [0.3, 0.4) is 0 Å². The largest absolute Gasteiger partial charge is 0.478 e. The highest BCUT2D eigenvalue weighted by Gasteiger charge is 2.35. The minimum atomic E-state index is -0.825. The van der Waals surface area contributed by atoms with Crippen molar-refractivity contribution in [2.24, 2.45) is 10.9 Å². The summed E-state index contributed by atoms with van der Waals surface area (Å²) in [5, 5.41) is 9.06. The lowest BCUT2D eigenvalue weighted by Crippen LogP contribution is -2.26. The molecule has 3 heteroatoms. The van der Waals surface area contributed by atoms with Crippen molar-refractivity contribution in [1.29, 1.82) is 0 Å². The quantitative estimate of drug-likeness (QED) is 0.692. The normalized spacial score (nSPS) is 31.4. The Bertz CT molecular complexity index is 341. The second-order valence-corrected chi connectivity index (χ2v) is 4.18. The molecular formula is C11H15NO2. The molecule has 0 aromatic carbocycles. The number of carboxylic acid groups (broad SMARTS) is 1. The lowest BCUT2D eigenvalue weighted by molar-refractivity contribution is -0.132. The van der Waals surface area contributed by atoms with Crippen LogP contribution in [0, 0.1) is 5.92 Å². The molecule has 0 amide bonds. The third-order valence-corrected chi connectivity index (χ3v) is 3.37. The first-order valence-corrected chi connectivity index (χ1v) is 5.10. The molecule has 14 heavy (non-hydrogen) atoms. The Morgan fingerprint density at radius 1 is 1.43 bits per heavy atom. The van der Waals surface area contributed by atoms with Gasteiger partial charge in [0, 0.05) is 11.6 Å². The van der Waals surface area contributed by atoms with Gasteiger partial charge in [-0.1, -0.05) is 12.0 Å². The Hall–Kier alpha value is -1.12. The summed E-state index contributed by atoms with van der Waals surface area (Å²) in [6, 6.07) is 0.359. The predicted molar refractivity (Wildman–Crippen MR) is 54.6 cm³/mol. The maximum atomic E-state index is 11.0. The molecular weight excluding hydrogens is 178 g/mol. The Morgan fingerprint density at radius 2 is 2.14 bits per heavy atom. The molecule has 1 heterocycles. The Balaban J connectivity index is 2.43. The molecule has 1 fully saturated rings. The lowest BCUT2D eigenvalue weighted by atomic mass is 9.87. The number of fused-ring (bicyclic) bond motifs is 1. The van der Waals surface area contributed by atoms with E-state index in [0.717, 1.165) is 18.4 Å². The van der Waals surface area contributed by atoms with E-state index in [2.05, 4.69) is 4.99 Å². The van der Waals surface area contributed by atoms with Crippen LogP contribution in [-0.4, -0.2) is 22.8 Å². The first-order valence-electron chi connectivity index (χ1n) is 5.10. The van der Waals surface area contributed by atoms with Crippen LogP contribution in [0.15, 0.2) is 16.1 Å². The van der Waals surface area contributed by atoms with Gasteiger partial charge in [-0.05, 0) is 26.7 Å². The maximum Gasteiger partial charge on any atom is 0.337 e. The third-order valence-electron chi connectivity index (χ3n) is 3.37. The standard InChI is InChI=1S/C11H15NO2/c1-6-8-4-3-5-9(8)12-7(2)10(6)11(13)14/h8-9H,3-5H2,1-2H3,(H,13,14). The van der Waals surface area contributed by atoms with Crippen molar-refractivity contribution in [1.82, 2.24) is 0 Å². The number of hydrogen-bond acceptors (Lipinski definition) is 2. The summed E-state index contributed by atoms with van der Waals surface area (Å²) in [6.07, 6.45) is 3.40. The SMILES string of the molecule is CC1=NC2CCCC2C(C)=C1C(=O)O. The zero-order chi connectivity index (χ0) is 10.3. The zero-order valence-corrected chi connectivity index (χ0v) is 8.58. The molecule has 0 radical (unpaired) electrons. The molecule has 0 spiro atoms. The Kier molecular flexibility index (Phi) is 2.17. The molecule has 1 saturated carbocycles. The number of carboxylic acids is 1. The number of dihydropyridines is 1. The van der Waals surface area contributed by atoms with Crippen LogP contribution in [0.1, 0.15) is 33.1 Å². The molecule has 3 nitrogen and oxygen atoms in total. The van der Waals surface area contributed by atoms with Crippen LogP contribution in [0.5, 0.6) is 0 Å². The molecule has 0 bridgehead atoms. The number of aliphatic imine (C=N–C) groups is 1. The third kappa shape index (κ3) is 1.27. The molecule has 2 unspecified atom stereocenters.